The Balaban J connectivity index is 1.63. The molecule has 0 aliphatic heterocycles. The van der Waals surface area contributed by atoms with Crippen LogP contribution in [0.25, 0.3) is 0 Å². The first-order valence-electron chi connectivity index (χ1n) is 7.96. The van der Waals surface area contributed by atoms with Gasteiger partial charge in [0.15, 0.2) is 0 Å². The third kappa shape index (κ3) is 3.66. The summed E-state index contributed by atoms with van der Waals surface area (Å²) in [5.74, 6) is 0.830. The van der Waals surface area contributed by atoms with Crippen molar-refractivity contribution < 1.29 is 0 Å². The van der Waals surface area contributed by atoms with E-state index in [-0.39, 0.29) is 5.41 Å². The monoisotopic (exact) mass is 279 g/mol. The van der Waals surface area contributed by atoms with Gasteiger partial charge in [0, 0.05) is 12.2 Å². The third-order valence-electron chi connectivity index (χ3n) is 4.25. The van der Waals surface area contributed by atoms with E-state index in [1.54, 1.807) is 0 Å². The van der Waals surface area contributed by atoms with Crippen molar-refractivity contribution in [3.63, 3.8) is 0 Å². The molecule has 110 valence electrons. The van der Waals surface area contributed by atoms with Crippen LogP contribution in [0.5, 0.6) is 0 Å². The summed E-state index contributed by atoms with van der Waals surface area (Å²) < 4.78 is 0. The molecule has 1 aliphatic rings. The van der Waals surface area contributed by atoms with E-state index in [0.717, 1.165) is 12.5 Å². The summed E-state index contributed by atoms with van der Waals surface area (Å²) in [4.78, 5) is 0. The van der Waals surface area contributed by atoms with Crippen LogP contribution in [0, 0.1) is 0 Å². The molecule has 2 aromatic rings. The van der Waals surface area contributed by atoms with Crippen molar-refractivity contribution in [1.82, 2.24) is 0 Å². The van der Waals surface area contributed by atoms with E-state index in [2.05, 4.69) is 74.6 Å². The van der Waals surface area contributed by atoms with Crippen LogP contribution < -0.4 is 5.32 Å². The van der Waals surface area contributed by atoms with Crippen LogP contribution in [0.3, 0.4) is 0 Å². The van der Waals surface area contributed by atoms with E-state index in [9.17, 15) is 0 Å². The summed E-state index contributed by atoms with van der Waals surface area (Å²) in [5, 5.41) is 3.53. The molecule has 1 fully saturated rings. The van der Waals surface area contributed by atoms with Crippen molar-refractivity contribution in [2.45, 2.75) is 51.5 Å². The van der Waals surface area contributed by atoms with Crippen molar-refractivity contribution in [3.8, 4) is 0 Å². The van der Waals surface area contributed by atoms with Crippen molar-refractivity contribution in [3.05, 3.63) is 65.2 Å². The number of hydrogen-bond donors (Lipinski definition) is 1. The first-order chi connectivity index (χ1) is 10.0. The van der Waals surface area contributed by atoms with Gasteiger partial charge < -0.3 is 5.32 Å². The van der Waals surface area contributed by atoms with Gasteiger partial charge in [0.2, 0.25) is 0 Å². The highest BCUT2D eigenvalue weighted by atomic mass is 14.9. The van der Waals surface area contributed by atoms with Gasteiger partial charge in [0.1, 0.15) is 0 Å². The van der Waals surface area contributed by atoms with Crippen molar-refractivity contribution in [1.29, 1.82) is 0 Å². The molecule has 0 aromatic heterocycles. The van der Waals surface area contributed by atoms with Crippen LogP contribution in [0.15, 0.2) is 48.5 Å². The van der Waals surface area contributed by atoms with Gasteiger partial charge in [-0.3, -0.25) is 0 Å². The zero-order chi connectivity index (χ0) is 14.9. The summed E-state index contributed by atoms with van der Waals surface area (Å²) in [5.41, 5.74) is 5.68. The number of nitrogens with one attached hydrogen (secondary N) is 1. The van der Waals surface area contributed by atoms with Gasteiger partial charge in [0.05, 0.1) is 0 Å². The van der Waals surface area contributed by atoms with Crippen molar-refractivity contribution in [2.24, 2.45) is 0 Å². The van der Waals surface area contributed by atoms with Crippen molar-refractivity contribution >= 4 is 5.69 Å². The minimum atomic E-state index is 0.219. The van der Waals surface area contributed by atoms with Gasteiger partial charge in [-0.15, -0.1) is 0 Å². The molecule has 0 atom stereocenters. The lowest BCUT2D eigenvalue weighted by molar-refractivity contribution is 0.590. The highest BCUT2D eigenvalue weighted by Gasteiger charge is 2.23. The van der Waals surface area contributed by atoms with Crippen LogP contribution in [0.4, 0.5) is 5.69 Å². The predicted molar refractivity (Wildman–Crippen MR) is 90.9 cm³/mol. The maximum absolute atomic E-state index is 3.53. The van der Waals surface area contributed by atoms with E-state index in [1.807, 2.05) is 0 Å². The molecule has 21 heavy (non-hydrogen) atoms. The highest BCUT2D eigenvalue weighted by Crippen LogP contribution is 2.40. The van der Waals surface area contributed by atoms with Gasteiger partial charge in [-0.2, -0.15) is 0 Å². The molecule has 1 heteroatoms. The molecule has 2 aromatic carbocycles. The van der Waals surface area contributed by atoms with Gasteiger partial charge >= 0.3 is 0 Å². The molecule has 1 nitrogen and oxygen atoms in total. The highest BCUT2D eigenvalue weighted by molar-refractivity contribution is 5.46. The Morgan fingerprint density at radius 3 is 2.33 bits per heavy atom. The molecule has 0 saturated heterocycles. The molecule has 1 aliphatic carbocycles. The van der Waals surface area contributed by atoms with E-state index < -0.39 is 0 Å². The van der Waals surface area contributed by atoms with Crippen LogP contribution >= 0.6 is 0 Å². The minimum Gasteiger partial charge on any atom is -0.381 e. The molecule has 0 amide bonds. The molecular weight excluding hydrogens is 254 g/mol. The normalized spacial score (nSPS) is 15.0. The second kappa shape index (κ2) is 5.55. The maximum atomic E-state index is 3.53. The number of benzene rings is 2. The molecule has 1 N–H and O–H groups in total. The summed E-state index contributed by atoms with van der Waals surface area (Å²) in [6, 6.07) is 17.8. The molecule has 0 unspecified atom stereocenters. The number of rotatable bonds is 4. The quantitative estimate of drug-likeness (QED) is 0.782. The van der Waals surface area contributed by atoms with Gasteiger partial charge in [-0.1, -0.05) is 57.2 Å². The average molecular weight is 279 g/mol. The molecule has 0 heterocycles. The Morgan fingerprint density at radius 2 is 1.71 bits per heavy atom. The van der Waals surface area contributed by atoms with Crippen LogP contribution in [0.2, 0.25) is 0 Å². The lowest BCUT2D eigenvalue weighted by Crippen LogP contribution is -2.10. The predicted octanol–water partition coefficient (Wildman–Crippen LogP) is 5.47. The Kier molecular flexibility index (Phi) is 3.75. The van der Waals surface area contributed by atoms with Crippen LogP contribution in [-0.2, 0) is 12.0 Å². The fraction of sp³-hybridized carbons (Fsp3) is 0.400. The maximum Gasteiger partial charge on any atom is 0.0400 e. The molecule has 1 saturated carbocycles. The summed E-state index contributed by atoms with van der Waals surface area (Å²) in [7, 11) is 0. The zero-order valence-corrected chi connectivity index (χ0v) is 13.3. The average Bonchev–Trinajstić information content (AvgIpc) is 3.30. The first-order valence-corrected chi connectivity index (χ1v) is 7.96. The Morgan fingerprint density at radius 1 is 1.00 bits per heavy atom. The van der Waals surface area contributed by atoms with E-state index in [4.69, 9.17) is 0 Å². The Labute approximate surface area is 128 Å². The van der Waals surface area contributed by atoms with Gasteiger partial charge in [-0.05, 0) is 53.0 Å². The van der Waals surface area contributed by atoms with Gasteiger partial charge in [0.25, 0.3) is 0 Å². The smallest absolute Gasteiger partial charge is 0.0400 e. The summed E-state index contributed by atoms with van der Waals surface area (Å²) in [6.07, 6.45) is 2.73. The van der Waals surface area contributed by atoms with E-state index >= 15 is 0 Å². The Bertz CT molecular complexity index is 600. The zero-order valence-electron chi connectivity index (χ0n) is 13.3. The van der Waals surface area contributed by atoms with Crippen LogP contribution in [0.1, 0.15) is 56.2 Å². The number of anilines is 1. The molecule has 0 spiro atoms. The summed E-state index contributed by atoms with van der Waals surface area (Å²) >= 11 is 0. The topological polar surface area (TPSA) is 12.0 Å². The SMILES string of the molecule is CC(C)(C)c1ccc(NCc2cccc(C3CC3)c2)cc1. The van der Waals surface area contributed by atoms with Crippen molar-refractivity contribution in [2.75, 3.05) is 5.32 Å². The third-order valence-corrected chi connectivity index (χ3v) is 4.25. The first kappa shape index (κ1) is 14.2. The second-order valence-electron chi connectivity index (χ2n) is 7.20. The Hall–Kier alpha value is -1.76. The minimum absolute atomic E-state index is 0.219. The second-order valence-corrected chi connectivity index (χ2v) is 7.20. The largest absolute Gasteiger partial charge is 0.381 e. The lowest BCUT2D eigenvalue weighted by atomic mass is 9.87. The lowest BCUT2D eigenvalue weighted by Gasteiger charge is -2.19. The fourth-order valence-electron chi connectivity index (χ4n) is 2.67. The molecule has 0 radical (unpaired) electrons. The molecule has 3 rings (SSSR count). The van der Waals surface area contributed by atoms with E-state index in [1.165, 1.54) is 35.2 Å². The van der Waals surface area contributed by atoms with Gasteiger partial charge in [-0.25, -0.2) is 0 Å². The molecule has 0 bridgehead atoms. The molecular formula is C20H25N. The fourth-order valence-corrected chi connectivity index (χ4v) is 2.67. The van der Waals surface area contributed by atoms with E-state index in [0.29, 0.717) is 0 Å². The van der Waals surface area contributed by atoms with Crippen LogP contribution in [-0.4, -0.2) is 0 Å². The summed E-state index contributed by atoms with van der Waals surface area (Å²) in [6.45, 7) is 7.64. The number of hydrogen-bond acceptors (Lipinski definition) is 1. The standard InChI is InChI=1S/C20H25N/c1-20(2,3)18-9-11-19(12-10-18)21-14-15-5-4-6-17(13-15)16-7-8-16/h4-6,9-13,16,21H,7-8,14H2,1-3H3.